The van der Waals surface area contributed by atoms with Crippen LogP contribution >= 0.6 is 12.2 Å². The van der Waals surface area contributed by atoms with Gasteiger partial charge in [-0.1, -0.05) is 18.2 Å². The molecule has 0 aromatic heterocycles. The van der Waals surface area contributed by atoms with E-state index in [1.807, 2.05) is 61.5 Å². The number of amides is 1. The van der Waals surface area contributed by atoms with Crippen LogP contribution in [0.2, 0.25) is 0 Å². The van der Waals surface area contributed by atoms with E-state index >= 15 is 0 Å². The van der Waals surface area contributed by atoms with E-state index in [9.17, 15) is 4.79 Å². The molecule has 0 heterocycles. The molecule has 3 N–H and O–H groups in total. The molecule has 0 radical (unpaired) electrons. The summed E-state index contributed by atoms with van der Waals surface area (Å²) in [6, 6.07) is 24.4. The number of carbonyl (C=O) groups excluding carboxylic acids is 1. The van der Waals surface area contributed by atoms with Gasteiger partial charge in [-0.05, 0) is 79.8 Å². The Labute approximate surface area is 187 Å². The van der Waals surface area contributed by atoms with E-state index in [0.29, 0.717) is 31.1 Å². The van der Waals surface area contributed by atoms with Crippen LogP contribution in [0.1, 0.15) is 17.3 Å². The number of benzene rings is 3. The van der Waals surface area contributed by atoms with Crippen LogP contribution < -0.4 is 20.7 Å². The third kappa shape index (κ3) is 7.40. The van der Waals surface area contributed by atoms with Crippen LogP contribution in [-0.4, -0.2) is 30.8 Å². The molecular formula is C24H25N3O3S. The van der Waals surface area contributed by atoms with Gasteiger partial charge in [-0.3, -0.25) is 10.1 Å². The number of rotatable bonds is 9. The van der Waals surface area contributed by atoms with Gasteiger partial charge >= 0.3 is 0 Å². The Morgan fingerprint density at radius 2 is 1.48 bits per heavy atom. The van der Waals surface area contributed by atoms with Crippen molar-refractivity contribution in [3.05, 3.63) is 84.4 Å². The number of nitrogens with one attached hydrogen (secondary N) is 3. The van der Waals surface area contributed by atoms with Crippen molar-refractivity contribution >= 4 is 40.3 Å². The second kappa shape index (κ2) is 11.7. The van der Waals surface area contributed by atoms with Gasteiger partial charge in [0.1, 0.15) is 12.4 Å². The van der Waals surface area contributed by atoms with E-state index in [1.54, 1.807) is 24.3 Å². The minimum atomic E-state index is -0.291. The highest BCUT2D eigenvalue weighted by molar-refractivity contribution is 7.80. The molecule has 0 aliphatic heterocycles. The molecule has 0 saturated heterocycles. The molecule has 0 aliphatic rings. The van der Waals surface area contributed by atoms with Gasteiger partial charge in [-0.25, -0.2) is 0 Å². The zero-order chi connectivity index (χ0) is 21.9. The van der Waals surface area contributed by atoms with Crippen molar-refractivity contribution in [1.29, 1.82) is 0 Å². The maximum atomic E-state index is 12.4. The Morgan fingerprint density at radius 1 is 0.839 bits per heavy atom. The summed E-state index contributed by atoms with van der Waals surface area (Å²) in [7, 11) is 0. The van der Waals surface area contributed by atoms with Crippen molar-refractivity contribution < 1.29 is 14.3 Å². The normalized spacial score (nSPS) is 10.2. The standard InChI is InChI=1S/C24H25N3O3S/c1-2-29-16-17-30-22-14-8-18(9-15-22)23(28)27-24(31)26-21-12-10-20(11-13-21)25-19-6-4-3-5-7-19/h3-15,25H,2,16-17H2,1H3,(H2,26,27,28,31). The van der Waals surface area contributed by atoms with Gasteiger partial charge in [0.15, 0.2) is 5.11 Å². The number of carbonyl (C=O) groups is 1. The topological polar surface area (TPSA) is 71.6 Å². The van der Waals surface area contributed by atoms with Gasteiger partial charge in [-0.2, -0.15) is 0 Å². The van der Waals surface area contributed by atoms with E-state index in [2.05, 4.69) is 16.0 Å². The first-order valence-electron chi connectivity index (χ1n) is 9.99. The summed E-state index contributed by atoms with van der Waals surface area (Å²) in [4.78, 5) is 12.4. The second-order valence-corrected chi connectivity index (χ2v) is 6.95. The maximum absolute atomic E-state index is 12.4. The summed E-state index contributed by atoms with van der Waals surface area (Å²) in [6.07, 6.45) is 0. The molecule has 160 valence electrons. The molecule has 0 fully saturated rings. The van der Waals surface area contributed by atoms with Crippen molar-refractivity contribution in [3.8, 4) is 5.75 Å². The zero-order valence-corrected chi connectivity index (χ0v) is 18.1. The molecule has 0 atom stereocenters. The van der Waals surface area contributed by atoms with Gasteiger partial charge in [-0.15, -0.1) is 0 Å². The lowest BCUT2D eigenvalue weighted by atomic mass is 10.2. The highest BCUT2D eigenvalue weighted by atomic mass is 32.1. The number of hydrogen-bond acceptors (Lipinski definition) is 5. The lowest BCUT2D eigenvalue weighted by molar-refractivity contribution is 0.0977. The first-order chi connectivity index (χ1) is 15.1. The molecule has 0 bridgehead atoms. The smallest absolute Gasteiger partial charge is 0.257 e. The Kier molecular flexibility index (Phi) is 8.39. The average molecular weight is 436 g/mol. The van der Waals surface area contributed by atoms with Gasteiger partial charge in [0.05, 0.1) is 6.61 Å². The summed E-state index contributed by atoms with van der Waals surface area (Å²) in [6.45, 7) is 3.59. The van der Waals surface area contributed by atoms with Crippen molar-refractivity contribution in [2.75, 3.05) is 30.5 Å². The molecule has 0 unspecified atom stereocenters. The first-order valence-corrected chi connectivity index (χ1v) is 10.4. The van der Waals surface area contributed by atoms with Crippen LogP contribution in [-0.2, 0) is 4.74 Å². The number of hydrogen-bond donors (Lipinski definition) is 3. The third-order valence-electron chi connectivity index (χ3n) is 4.25. The molecule has 6 nitrogen and oxygen atoms in total. The lowest BCUT2D eigenvalue weighted by Gasteiger charge is -2.11. The van der Waals surface area contributed by atoms with Crippen LogP contribution in [0.4, 0.5) is 17.1 Å². The van der Waals surface area contributed by atoms with E-state index in [1.165, 1.54) is 0 Å². The molecule has 0 aliphatic carbocycles. The summed E-state index contributed by atoms with van der Waals surface area (Å²) in [5, 5.41) is 9.24. The number of para-hydroxylation sites is 1. The van der Waals surface area contributed by atoms with Crippen LogP contribution in [0.5, 0.6) is 5.75 Å². The zero-order valence-electron chi connectivity index (χ0n) is 17.3. The molecule has 3 rings (SSSR count). The third-order valence-corrected chi connectivity index (χ3v) is 4.45. The first kappa shape index (κ1) is 22.3. The number of anilines is 3. The van der Waals surface area contributed by atoms with Crippen LogP contribution in [0.15, 0.2) is 78.9 Å². The molecule has 1 amide bonds. The van der Waals surface area contributed by atoms with E-state index in [4.69, 9.17) is 21.7 Å². The van der Waals surface area contributed by atoms with Crippen LogP contribution in [0.3, 0.4) is 0 Å². The molecular weight excluding hydrogens is 410 g/mol. The molecule has 0 saturated carbocycles. The van der Waals surface area contributed by atoms with Crippen LogP contribution in [0, 0.1) is 0 Å². The Bertz CT molecular complexity index is 977. The molecule has 3 aromatic carbocycles. The quantitative estimate of drug-likeness (QED) is 0.326. The van der Waals surface area contributed by atoms with E-state index in [-0.39, 0.29) is 11.0 Å². The van der Waals surface area contributed by atoms with Crippen molar-refractivity contribution in [2.45, 2.75) is 6.92 Å². The van der Waals surface area contributed by atoms with Crippen LogP contribution in [0.25, 0.3) is 0 Å². The molecule has 3 aromatic rings. The fourth-order valence-corrected chi connectivity index (χ4v) is 2.94. The Hall–Kier alpha value is -3.42. The average Bonchev–Trinajstić information content (AvgIpc) is 2.79. The monoisotopic (exact) mass is 435 g/mol. The minimum absolute atomic E-state index is 0.228. The molecule has 31 heavy (non-hydrogen) atoms. The van der Waals surface area contributed by atoms with Gasteiger partial charge in [0, 0.05) is 29.2 Å². The Balaban J connectivity index is 1.47. The molecule has 7 heteroatoms. The largest absolute Gasteiger partial charge is 0.491 e. The predicted octanol–water partition coefficient (Wildman–Crippen LogP) is 4.97. The number of thiocarbonyl (C=S) groups is 1. The fraction of sp³-hybridized carbons (Fsp3) is 0.167. The van der Waals surface area contributed by atoms with Gasteiger partial charge in [0.25, 0.3) is 5.91 Å². The minimum Gasteiger partial charge on any atom is -0.491 e. The summed E-state index contributed by atoms with van der Waals surface area (Å²) in [5.41, 5.74) is 3.23. The molecule has 0 spiro atoms. The highest BCUT2D eigenvalue weighted by Gasteiger charge is 2.08. The van der Waals surface area contributed by atoms with E-state index < -0.39 is 0 Å². The van der Waals surface area contributed by atoms with E-state index in [0.717, 1.165) is 17.1 Å². The lowest BCUT2D eigenvalue weighted by Crippen LogP contribution is -2.34. The van der Waals surface area contributed by atoms with Crippen molar-refractivity contribution in [1.82, 2.24) is 5.32 Å². The Morgan fingerprint density at radius 3 is 2.16 bits per heavy atom. The van der Waals surface area contributed by atoms with Crippen molar-refractivity contribution in [2.24, 2.45) is 0 Å². The fourth-order valence-electron chi connectivity index (χ4n) is 2.73. The maximum Gasteiger partial charge on any atom is 0.257 e. The van der Waals surface area contributed by atoms with Gasteiger partial charge in [0.2, 0.25) is 0 Å². The van der Waals surface area contributed by atoms with Gasteiger partial charge < -0.3 is 20.1 Å². The summed E-state index contributed by atoms with van der Waals surface area (Å²) in [5.74, 6) is 0.391. The highest BCUT2D eigenvalue weighted by Crippen LogP contribution is 2.18. The second-order valence-electron chi connectivity index (χ2n) is 6.55. The summed E-state index contributed by atoms with van der Waals surface area (Å²) < 4.78 is 10.8. The summed E-state index contributed by atoms with van der Waals surface area (Å²) >= 11 is 5.26. The van der Waals surface area contributed by atoms with Crippen molar-refractivity contribution in [3.63, 3.8) is 0 Å². The SMILES string of the molecule is CCOCCOc1ccc(C(=O)NC(=S)Nc2ccc(Nc3ccccc3)cc2)cc1. The predicted molar refractivity (Wildman–Crippen MR) is 128 cm³/mol. The number of ether oxygens (including phenoxy) is 2.